The lowest BCUT2D eigenvalue weighted by Crippen LogP contribution is -2.45. The smallest absolute Gasteiger partial charge is 0.390 e. The maximum atomic E-state index is 13.7. The highest BCUT2D eigenvalue weighted by atomic mass is 32.1. The lowest BCUT2D eigenvalue weighted by molar-refractivity contribution is -0.268. The standard InChI is InChI=1S/C18H14F3NO3S.CH5N/c19-18(20,21)17(25)8-16(11-3-1-2-4-12(11)17)6-5-9-10(7-23)15(22)26-13(9)14(16)24;1-2/h1-4,7,25H,5-6,8,22H2;2H2,1H3. The third-order valence-electron chi connectivity index (χ3n) is 5.55. The Kier molecular flexibility index (Phi) is 4.89. The van der Waals surface area contributed by atoms with Crippen LogP contribution in [0.15, 0.2) is 24.3 Å². The van der Waals surface area contributed by atoms with E-state index in [9.17, 15) is 27.9 Å². The zero-order chi connectivity index (χ0) is 20.9. The fourth-order valence-electron chi connectivity index (χ4n) is 4.29. The number of benzene rings is 1. The van der Waals surface area contributed by atoms with Crippen LogP contribution in [0.1, 0.15) is 49.6 Å². The first-order valence-electron chi connectivity index (χ1n) is 8.53. The molecule has 0 saturated carbocycles. The van der Waals surface area contributed by atoms with Crippen molar-refractivity contribution in [2.45, 2.75) is 36.5 Å². The predicted molar refractivity (Wildman–Crippen MR) is 99.6 cm³/mol. The molecule has 28 heavy (non-hydrogen) atoms. The zero-order valence-corrected chi connectivity index (χ0v) is 15.8. The van der Waals surface area contributed by atoms with Crippen molar-refractivity contribution in [1.29, 1.82) is 0 Å². The summed E-state index contributed by atoms with van der Waals surface area (Å²) in [4.78, 5) is 24.7. The fraction of sp³-hybridized carbons (Fsp3) is 0.368. The van der Waals surface area contributed by atoms with Crippen molar-refractivity contribution in [2.75, 3.05) is 12.8 Å². The highest BCUT2D eigenvalue weighted by Crippen LogP contribution is 2.59. The molecule has 2 aliphatic rings. The average molecular weight is 412 g/mol. The van der Waals surface area contributed by atoms with Crippen molar-refractivity contribution in [3.63, 3.8) is 0 Å². The molecule has 5 N–H and O–H groups in total. The molecule has 9 heteroatoms. The number of hydrogen-bond donors (Lipinski definition) is 3. The minimum atomic E-state index is -4.91. The summed E-state index contributed by atoms with van der Waals surface area (Å²) in [7, 11) is 1.50. The number of halogens is 3. The topological polar surface area (TPSA) is 106 Å². The largest absolute Gasteiger partial charge is 0.421 e. The second-order valence-electron chi connectivity index (χ2n) is 6.80. The Labute approximate surface area is 163 Å². The van der Waals surface area contributed by atoms with Crippen LogP contribution in [0.5, 0.6) is 0 Å². The Morgan fingerprint density at radius 1 is 1.21 bits per heavy atom. The van der Waals surface area contributed by atoms with E-state index in [1.54, 1.807) is 6.07 Å². The Morgan fingerprint density at radius 3 is 2.39 bits per heavy atom. The van der Waals surface area contributed by atoms with Gasteiger partial charge in [0.05, 0.1) is 20.9 Å². The number of Topliss-reactive ketones (excluding diaryl/α,β-unsaturated/α-hetero) is 1. The lowest BCUT2D eigenvalue weighted by Gasteiger charge is -2.34. The molecule has 1 aromatic carbocycles. The van der Waals surface area contributed by atoms with Crippen molar-refractivity contribution in [3.8, 4) is 0 Å². The van der Waals surface area contributed by atoms with E-state index in [-0.39, 0.29) is 39.4 Å². The van der Waals surface area contributed by atoms with E-state index in [4.69, 9.17) is 5.73 Å². The molecule has 0 amide bonds. The first-order valence-corrected chi connectivity index (χ1v) is 9.35. The van der Waals surface area contributed by atoms with Gasteiger partial charge in [-0.15, -0.1) is 11.3 Å². The van der Waals surface area contributed by atoms with E-state index >= 15 is 0 Å². The normalized spacial score (nSPS) is 25.7. The van der Waals surface area contributed by atoms with Gasteiger partial charge in [0.1, 0.15) is 0 Å². The number of anilines is 1. The summed E-state index contributed by atoms with van der Waals surface area (Å²) in [5, 5.41) is 10.7. The Morgan fingerprint density at radius 2 is 1.82 bits per heavy atom. The van der Waals surface area contributed by atoms with Crippen molar-refractivity contribution in [2.24, 2.45) is 5.73 Å². The van der Waals surface area contributed by atoms with E-state index in [0.29, 0.717) is 11.8 Å². The quantitative estimate of drug-likeness (QED) is 0.625. The number of rotatable bonds is 1. The van der Waals surface area contributed by atoms with Gasteiger partial charge in [0.15, 0.2) is 17.7 Å². The fourth-order valence-corrected chi connectivity index (χ4v) is 5.42. The molecule has 2 aromatic rings. The van der Waals surface area contributed by atoms with E-state index in [2.05, 4.69) is 5.73 Å². The van der Waals surface area contributed by atoms with Gasteiger partial charge >= 0.3 is 6.18 Å². The van der Waals surface area contributed by atoms with E-state index in [0.717, 1.165) is 11.3 Å². The molecule has 4 rings (SSSR count). The van der Waals surface area contributed by atoms with Gasteiger partial charge < -0.3 is 16.6 Å². The summed E-state index contributed by atoms with van der Waals surface area (Å²) in [6.07, 6.45) is -4.74. The monoisotopic (exact) mass is 412 g/mol. The molecule has 1 heterocycles. The molecule has 5 nitrogen and oxygen atoms in total. The number of fused-ring (bicyclic) bond motifs is 3. The van der Waals surface area contributed by atoms with Crippen LogP contribution in [0.25, 0.3) is 0 Å². The maximum Gasteiger partial charge on any atom is 0.421 e. The van der Waals surface area contributed by atoms with Crippen LogP contribution in [-0.2, 0) is 17.4 Å². The number of nitrogens with two attached hydrogens (primary N) is 2. The van der Waals surface area contributed by atoms with Gasteiger partial charge in [0.25, 0.3) is 0 Å². The number of nitrogen functional groups attached to an aromatic ring is 1. The summed E-state index contributed by atoms with van der Waals surface area (Å²) in [5.74, 6) is -0.504. The van der Waals surface area contributed by atoms with Crippen LogP contribution in [0.4, 0.5) is 18.2 Å². The molecule has 1 spiro atoms. The molecule has 0 bridgehead atoms. The maximum absolute atomic E-state index is 13.7. The van der Waals surface area contributed by atoms with Crippen LogP contribution in [0.3, 0.4) is 0 Å². The molecule has 0 saturated heterocycles. The van der Waals surface area contributed by atoms with Gasteiger partial charge in [0.2, 0.25) is 0 Å². The first-order chi connectivity index (χ1) is 13.2. The summed E-state index contributed by atoms with van der Waals surface area (Å²) in [6, 6.07) is 5.67. The van der Waals surface area contributed by atoms with Crippen LogP contribution in [0.2, 0.25) is 0 Å². The van der Waals surface area contributed by atoms with E-state index < -0.39 is 29.4 Å². The molecule has 2 aliphatic carbocycles. The molecule has 2 unspecified atom stereocenters. The second kappa shape index (κ2) is 6.68. The summed E-state index contributed by atoms with van der Waals surface area (Å²) >= 11 is 0.927. The molecular weight excluding hydrogens is 393 g/mol. The number of hydrogen-bond acceptors (Lipinski definition) is 6. The van der Waals surface area contributed by atoms with Crippen LogP contribution >= 0.6 is 11.3 Å². The predicted octanol–water partition coefficient (Wildman–Crippen LogP) is 2.94. The summed E-state index contributed by atoms with van der Waals surface area (Å²) in [6.45, 7) is 0. The number of thiophene rings is 1. The highest BCUT2D eigenvalue weighted by molar-refractivity contribution is 7.18. The third-order valence-corrected chi connectivity index (χ3v) is 6.63. The molecule has 1 aromatic heterocycles. The van der Waals surface area contributed by atoms with Gasteiger partial charge in [-0.25, -0.2) is 0 Å². The van der Waals surface area contributed by atoms with Gasteiger partial charge in [-0.05, 0) is 36.6 Å². The van der Waals surface area contributed by atoms with Crippen molar-refractivity contribution < 1.29 is 27.9 Å². The van der Waals surface area contributed by atoms with Crippen LogP contribution in [0, 0.1) is 0 Å². The zero-order valence-electron chi connectivity index (χ0n) is 15.0. The number of carbonyl (C=O) groups excluding carboxylic acids is 2. The van der Waals surface area contributed by atoms with E-state index in [1.807, 2.05) is 0 Å². The minimum Gasteiger partial charge on any atom is -0.390 e. The van der Waals surface area contributed by atoms with Gasteiger partial charge in [-0.3, -0.25) is 9.59 Å². The highest BCUT2D eigenvalue weighted by Gasteiger charge is 2.67. The molecule has 150 valence electrons. The van der Waals surface area contributed by atoms with E-state index in [1.165, 1.54) is 25.2 Å². The Bertz CT molecular complexity index is 956. The van der Waals surface area contributed by atoms with Gasteiger partial charge in [-0.2, -0.15) is 13.2 Å². The molecule has 2 atom stereocenters. The SMILES string of the molecule is CN.Nc1sc2c(c1C=O)CCC1(CC(O)(C(F)(F)F)c3ccccc31)C2=O. The lowest BCUT2D eigenvalue weighted by atomic mass is 9.68. The van der Waals surface area contributed by atoms with Crippen LogP contribution in [-0.4, -0.2) is 30.4 Å². The molecular formula is C19H19F3N2O3S. The Balaban J connectivity index is 0.00000109. The number of carbonyl (C=O) groups is 2. The summed E-state index contributed by atoms with van der Waals surface area (Å²) < 4.78 is 41.0. The minimum absolute atomic E-state index is 0.0885. The van der Waals surface area contributed by atoms with Crippen molar-refractivity contribution in [1.82, 2.24) is 0 Å². The molecule has 0 aliphatic heterocycles. The number of aldehydes is 1. The third kappa shape index (κ3) is 2.53. The number of ketones is 1. The summed E-state index contributed by atoms with van der Waals surface area (Å²) in [5.41, 5.74) is 6.43. The van der Waals surface area contributed by atoms with Crippen molar-refractivity contribution in [3.05, 3.63) is 51.4 Å². The second-order valence-corrected chi connectivity index (χ2v) is 7.85. The van der Waals surface area contributed by atoms with Crippen LogP contribution < -0.4 is 11.5 Å². The first kappa shape index (κ1) is 20.5. The number of aliphatic hydroxyl groups is 1. The average Bonchev–Trinajstić information content (AvgIpc) is 3.14. The molecule has 0 fully saturated rings. The van der Waals surface area contributed by atoms with Gasteiger partial charge in [-0.1, -0.05) is 24.3 Å². The van der Waals surface area contributed by atoms with Gasteiger partial charge in [0, 0.05) is 6.42 Å². The Hall–Kier alpha value is -2.23. The van der Waals surface area contributed by atoms with Crippen molar-refractivity contribution >= 4 is 28.4 Å². The number of alkyl halides is 3. The molecule has 0 radical (unpaired) electrons.